The van der Waals surface area contributed by atoms with E-state index in [1.165, 1.54) is 10.9 Å². The van der Waals surface area contributed by atoms with Crippen LogP contribution < -0.4 is 4.72 Å². The Kier molecular flexibility index (Phi) is 3.97. The SMILES string of the molecule is Cn1cc(S(=O)(=O)Nc2cccc3ccccc23)c(-c2ccccc2)n1. The number of hydrogen-bond donors (Lipinski definition) is 1. The molecule has 0 aliphatic heterocycles. The van der Waals surface area contributed by atoms with E-state index in [-0.39, 0.29) is 4.90 Å². The molecule has 4 aromatic rings. The first-order valence-electron chi connectivity index (χ1n) is 8.14. The molecule has 0 aliphatic carbocycles. The maximum atomic E-state index is 13.1. The van der Waals surface area contributed by atoms with E-state index in [2.05, 4.69) is 9.82 Å². The predicted octanol–water partition coefficient (Wildman–Crippen LogP) is 4.04. The molecule has 0 saturated carbocycles. The summed E-state index contributed by atoms with van der Waals surface area (Å²) >= 11 is 0. The van der Waals surface area contributed by atoms with Crippen LogP contribution in [0.15, 0.2) is 83.9 Å². The number of fused-ring (bicyclic) bond motifs is 1. The number of rotatable bonds is 4. The Morgan fingerprint density at radius 1 is 0.885 bits per heavy atom. The summed E-state index contributed by atoms with van der Waals surface area (Å²) in [6, 6.07) is 22.5. The molecule has 0 bridgehead atoms. The molecule has 26 heavy (non-hydrogen) atoms. The van der Waals surface area contributed by atoms with Crippen LogP contribution in [-0.2, 0) is 17.1 Å². The van der Waals surface area contributed by atoms with Gasteiger partial charge >= 0.3 is 0 Å². The summed E-state index contributed by atoms with van der Waals surface area (Å²) in [6.07, 6.45) is 1.52. The quantitative estimate of drug-likeness (QED) is 0.595. The lowest BCUT2D eigenvalue weighted by Crippen LogP contribution is -2.13. The Hall–Kier alpha value is -3.12. The number of nitrogens with one attached hydrogen (secondary N) is 1. The Labute approximate surface area is 152 Å². The minimum absolute atomic E-state index is 0.152. The fourth-order valence-electron chi connectivity index (χ4n) is 2.97. The molecule has 0 radical (unpaired) electrons. The standard InChI is InChI=1S/C20H17N3O2S/c1-23-14-19(20(21-23)16-9-3-2-4-10-16)26(24,25)22-18-13-7-11-15-8-5-6-12-17(15)18/h2-14,22H,1H3. The second-order valence-corrected chi connectivity index (χ2v) is 7.66. The maximum absolute atomic E-state index is 13.1. The van der Waals surface area contributed by atoms with E-state index in [1.807, 2.05) is 66.7 Å². The van der Waals surface area contributed by atoms with Gasteiger partial charge in [0.1, 0.15) is 10.6 Å². The van der Waals surface area contributed by atoms with Gasteiger partial charge in [0, 0.05) is 24.2 Å². The number of sulfonamides is 1. The van der Waals surface area contributed by atoms with Gasteiger partial charge in [0.15, 0.2) is 0 Å². The molecule has 0 amide bonds. The van der Waals surface area contributed by atoms with E-state index in [9.17, 15) is 8.42 Å². The van der Waals surface area contributed by atoms with Crippen LogP contribution in [0.4, 0.5) is 5.69 Å². The van der Waals surface area contributed by atoms with Crippen molar-refractivity contribution < 1.29 is 8.42 Å². The first-order chi connectivity index (χ1) is 12.5. The van der Waals surface area contributed by atoms with E-state index in [4.69, 9.17) is 0 Å². The average molecular weight is 363 g/mol. The van der Waals surface area contributed by atoms with Crippen LogP contribution >= 0.6 is 0 Å². The van der Waals surface area contributed by atoms with Gasteiger partial charge in [-0.2, -0.15) is 5.10 Å². The Balaban J connectivity index is 1.81. The third kappa shape index (κ3) is 2.95. The highest BCUT2D eigenvalue weighted by atomic mass is 32.2. The number of anilines is 1. The van der Waals surface area contributed by atoms with Crippen molar-refractivity contribution in [2.75, 3.05) is 4.72 Å². The third-order valence-electron chi connectivity index (χ3n) is 4.17. The fraction of sp³-hybridized carbons (Fsp3) is 0.0500. The van der Waals surface area contributed by atoms with Crippen molar-refractivity contribution in [1.82, 2.24) is 9.78 Å². The van der Waals surface area contributed by atoms with Crippen molar-refractivity contribution in [2.24, 2.45) is 7.05 Å². The van der Waals surface area contributed by atoms with Gasteiger partial charge in [-0.1, -0.05) is 66.7 Å². The molecule has 1 aromatic heterocycles. The lowest BCUT2D eigenvalue weighted by atomic mass is 10.1. The molecule has 3 aromatic carbocycles. The number of nitrogens with zero attached hydrogens (tertiary/aromatic N) is 2. The second-order valence-electron chi connectivity index (χ2n) is 6.01. The van der Waals surface area contributed by atoms with Gasteiger partial charge in [-0.15, -0.1) is 0 Å². The molecule has 0 atom stereocenters. The summed E-state index contributed by atoms with van der Waals surface area (Å²) in [5.74, 6) is 0. The van der Waals surface area contributed by atoms with Gasteiger partial charge in [-0.3, -0.25) is 9.40 Å². The first kappa shape index (κ1) is 16.4. The van der Waals surface area contributed by atoms with Crippen molar-refractivity contribution >= 4 is 26.5 Å². The summed E-state index contributed by atoms with van der Waals surface area (Å²) in [5, 5.41) is 6.17. The zero-order valence-corrected chi connectivity index (χ0v) is 14.9. The number of aromatic nitrogens is 2. The van der Waals surface area contributed by atoms with E-state index >= 15 is 0 Å². The number of aryl methyl sites for hydroxylation is 1. The maximum Gasteiger partial charge on any atom is 0.265 e. The van der Waals surface area contributed by atoms with Crippen LogP contribution in [-0.4, -0.2) is 18.2 Å². The highest BCUT2D eigenvalue weighted by Gasteiger charge is 2.23. The van der Waals surface area contributed by atoms with E-state index in [0.29, 0.717) is 11.4 Å². The molecular weight excluding hydrogens is 346 g/mol. The summed E-state index contributed by atoms with van der Waals surface area (Å²) in [7, 11) is -2.08. The van der Waals surface area contributed by atoms with Crippen molar-refractivity contribution in [2.45, 2.75) is 4.90 Å². The van der Waals surface area contributed by atoms with E-state index < -0.39 is 10.0 Å². The van der Waals surface area contributed by atoms with Gasteiger partial charge < -0.3 is 0 Å². The molecule has 130 valence electrons. The van der Waals surface area contributed by atoms with Crippen molar-refractivity contribution in [3.63, 3.8) is 0 Å². The summed E-state index contributed by atoms with van der Waals surface area (Å²) in [6.45, 7) is 0. The van der Waals surface area contributed by atoms with Crippen LogP contribution in [0, 0.1) is 0 Å². The molecule has 4 rings (SSSR count). The van der Waals surface area contributed by atoms with Crippen molar-refractivity contribution in [3.05, 3.63) is 79.0 Å². The van der Waals surface area contributed by atoms with Crippen molar-refractivity contribution in [3.8, 4) is 11.3 Å². The van der Waals surface area contributed by atoms with Gasteiger partial charge in [-0.05, 0) is 11.5 Å². The number of benzene rings is 3. The molecule has 0 aliphatic rings. The predicted molar refractivity (Wildman–Crippen MR) is 103 cm³/mol. The average Bonchev–Trinajstić information content (AvgIpc) is 3.05. The molecular formula is C20H17N3O2S. The minimum atomic E-state index is -3.80. The topological polar surface area (TPSA) is 64.0 Å². The normalized spacial score (nSPS) is 11.6. The zero-order chi connectivity index (χ0) is 18.1. The molecule has 6 heteroatoms. The summed E-state index contributed by atoms with van der Waals surface area (Å²) in [4.78, 5) is 0.152. The highest BCUT2D eigenvalue weighted by molar-refractivity contribution is 7.92. The van der Waals surface area contributed by atoms with Gasteiger partial charge in [-0.25, -0.2) is 8.42 Å². The molecule has 0 saturated heterocycles. The molecule has 5 nitrogen and oxygen atoms in total. The molecule has 1 N–H and O–H groups in total. The van der Waals surface area contributed by atoms with Gasteiger partial charge in [0.2, 0.25) is 0 Å². The first-order valence-corrected chi connectivity index (χ1v) is 9.62. The van der Waals surface area contributed by atoms with E-state index in [0.717, 1.165) is 16.3 Å². The van der Waals surface area contributed by atoms with E-state index in [1.54, 1.807) is 13.1 Å². The smallest absolute Gasteiger partial charge is 0.265 e. The Morgan fingerprint density at radius 3 is 2.38 bits per heavy atom. The molecule has 1 heterocycles. The second kappa shape index (κ2) is 6.31. The highest BCUT2D eigenvalue weighted by Crippen LogP contribution is 2.29. The van der Waals surface area contributed by atoms with Crippen LogP contribution in [0.3, 0.4) is 0 Å². The van der Waals surface area contributed by atoms with Crippen LogP contribution in [0.25, 0.3) is 22.0 Å². The monoisotopic (exact) mass is 363 g/mol. The Morgan fingerprint density at radius 2 is 1.58 bits per heavy atom. The van der Waals surface area contributed by atoms with Crippen LogP contribution in [0.5, 0.6) is 0 Å². The molecule has 0 unspecified atom stereocenters. The zero-order valence-electron chi connectivity index (χ0n) is 14.1. The molecule has 0 fully saturated rings. The Bertz CT molecular complexity index is 1180. The van der Waals surface area contributed by atoms with Crippen molar-refractivity contribution in [1.29, 1.82) is 0 Å². The fourth-order valence-corrected chi connectivity index (χ4v) is 4.26. The lowest BCUT2D eigenvalue weighted by molar-refractivity contribution is 0.601. The summed E-state index contributed by atoms with van der Waals surface area (Å²) < 4.78 is 30.4. The van der Waals surface area contributed by atoms with Crippen LogP contribution in [0.1, 0.15) is 0 Å². The third-order valence-corrected chi connectivity index (χ3v) is 5.53. The molecule has 0 spiro atoms. The summed E-state index contributed by atoms with van der Waals surface area (Å²) in [5.41, 5.74) is 1.73. The minimum Gasteiger partial charge on any atom is -0.279 e. The van der Waals surface area contributed by atoms with Gasteiger partial charge in [0.25, 0.3) is 10.0 Å². The lowest BCUT2D eigenvalue weighted by Gasteiger charge is -2.10. The number of hydrogen-bond acceptors (Lipinski definition) is 3. The largest absolute Gasteiger partial charge is 0.279 e. The van der Waals surface area contributed by atoms with Gasteiger partial charge in [0.05, 0.1) is 5.69 Å². The van der Waals surface area contributed by atoms with Crippen LogP contribution in [0.2, 0.25) is 0 Å².